The molecular formula is C18H24N2O3. The molecule has 23 heavy (non-hydrogen) atoms. The Labute approximate surface area is 136 Å². The summed E-state index contributed by atoms with van der Waals surface area (Å²) in [6, 6.07) is 8.20. The van der Waals surface area contributed by atoms with Crippen LogP contribution in [0.15, 0.2) is 30.5 Å². The van der Waals surface area contributed by atoms with E-state index in [2.05, 4.69) is 0 Å². The number of aliphatic hydroxyl groups excluding tert-OH is 1. The average molecular weight is 316 g/mol. The van der Waals surface area contributed by atoms with Gasteiger partial charge in [-0.1, -0.05) is 0 Å². The van der Waals surface area contributed by atoms with Crippen molar-refractivity contribution in [2.45, 2.75) is 38.3 Å². The zero-order valence-corrected chi connectivity index (χ0v) is 13.6. The number of hydrogen-bond donors (Lipinski definition) is 1. The summed E-state index contributed by atoms with van der Waals surface area (Å²) in [4.78, 5) is 14.7. The van der Waals surface area contributed by atoms with Crippen LogP contribution < -0.4 is 4.74 Å². The Bertz CT molecular complexity index is 680. The minimum atomic E-state index is 0.166. The third-order valence-electron chi connectivity index (χ3n) is 4.68. The molecule has 0 aliphatic carbocycles. The molecule has 1 fully saturated rings. The first-order chi connectivity index (χ1) is 11.2. The molecule has 1 atom stereocenters. The van der Waals surface area contributed by atoms with Crippen LogP contribution in [0.4, 0.5) is 0 Å². The van der Waals surface area contributed by atoms with Crippen LogP contribution in [0.3, 0.4) is 0 Å². The summed E-state index contributed by atoms with van der Waals surface area (Å²) in [7, 11) is 1.65. The highest BCUT2D eigenvalue weighted by molar-refractivity contribution is 5.84. The van der Waals surface area contributed by atoms with Crippen molar-refractivity contribution in [1.29, 1.82) is 0 Å². The fourth-order valence-electron chi connectivity index (χ4n) is 3.47. The van der Waals surface area contributed by atoms with Crippen molar-refractivity contribution in [3.8, 4) is 5.75 Å². The Morgan fingerprint density at radius 1 is 1.39 bits per heavy atom. The van der Waals surface area contributed by atoms with Crippen molar-refractivity contribution in [2.75, 3.05) is 20.3 Å². The van der Waals surface area contributed by atoms with Gasteiger partial charge in [0.2, 0.25) is 5.91 Å². The van der Waals surface area contributed by atoms with E-state index in [9.17, 15) is 4.79 Å². The smallest absolute Gasteiger partial charge is 0.242 e. The molecule has 0 radical (unpaired) electrons. The van der Waals surface area contributed by atoms with Gasteiger partial charge in [0.15, 0.2) is 0 Å². The number of ether oxygens (including phenoxy) is 1. The number of carbonyl (C=O) groups is 1. The second-order valence-electron chi connectivity index (χ2n) is 6.12. The molecule has 1 unspecified atom stereocenters. The molecule has 0 saturated carbocycles. The summed E-state index contributed by atoms with van der Waals surface area (Å²) in [5, 5.41) is 10.1. The van der Waals surface area contributed by atoms with Gasteiger partial charge in [-0.15, -0.1) is 0 Å². The normalized spacial score (nSPS) is 17.8. The van der Waals surface area contributed by atoms with E-state index in [0.717, 1.165) is 48.9 Å². The Hall–Kier alpha value is -2.01. The maximum absolute atomic E-state index is 12.7. The van der Waals surface area contributed by atoms with E-state index in [1.165, 1.54) is 0 Å². The molecule has 1 aromatic carbocycles. The van der Waals surface area contributed by atoms with Crippen LogP contribution in [-0.2, 0) is 11.3 Å². The first-order valence-electron chi connectivity index (χ1n) is 8.26. The second kappa shape index (κ2) is 7.04. The summed E-state index contributed by atoms with van der Waals surface area (Å²) >= 11 is 0. The molecule has 1 aliphatic rings. The lowest BCUT2D eigenvalue weighted by Crippen LogP contribution is -2.37. The predicted octanol–water partition coefficient (Wildman–Crippen LogP) is 2.41. The van der Waals surface area contributed by atoms with Crippen LogP contribution in [-0.4, -0.2) is 46.8 Å². The van der Waals surface area contributed by atoms with Gasteiger partial charge in [0.25, 0.3) is 0 Å². The van der Waals surface area contributed by atoms with Gasteiger partial charge in [0.1, 0.15) is 12.3 Å². The Morgan fingerprint density at radius 2 is 2.26 bits per heavy atom. The summed E-state index contributed by atoms with van der Waals surface area (Å²) in [6.07, 6.45) is 5.73. The summed E-state index contributed by atoms with van der Waals surface area (Å²) < 4.78 is 7.24. The molecule has 1 aliphatic heterocycles. The first-order valence-corrected chi connectivity index (χ1v) is 8.26. The molecule has 0 spiro atoms. The Morgan fingerprint density at radius 3 is 3.04 bits per heavy atom. The maximum Gasteiger partial charge on any atom is 0.242 e. The third-order valence-corrected chi connectivity index (χ3v) is 4.68. The molecule has 5 nitrogen and oxygen atoms in total. The van der Waals surface area contributed by atoms with Gasteiger partial charge in [0, 0.05) is 36.3 Å². The standard InChI is InChI=1S/C18H24N2O3/c1-23-16-6-7-17-14(12-16)8-10-19(17)13-18(22)20-9-2-4-15(20)5-3-11-21/h6-8,10,12,15,21H,2-5,9,11,13H2,1H3. The number of amides is 1. The number of carbonyl (C=O) groups excluding carboxylic acids is 1. The second-order valence-corrected chi connectivity index (χ2v) is 6.12. The largest absolute Gasteiger partial charge is 0.497 e. The fourth-order valence-corrected chi connectivity index (χ4v) is 3.47. The summed E-state index contributed by atoms with van der Waals surface area (Å²) in [5.74, 6) is 0.990. The molecule has 1 saturated heterocycles. The van der Waals surface area contributed by atoms with Gasteiger partial charge >= 0.3 is 0 Å². The summed E-state index contributed by atoms with van der Waals surface area (Å²) in [6.45, 7) is 1.40. The van der Waals surface area contributed by atoms with Gasteiger partial charge in [-0.05, 0) is 49.9 Å². The van der Waals surface area contributed by atoms with Crippen LogP contribution in [0.5, 0.6) is 5.75 Å². The number of likely N-dealkylation sites (tertiary alicyclic amines) is 1. The molecule has 124 valence electrons. The van der Waals surface area contributed by atoms with Crippen molar-refractivity contribution in [3.05, 3.63) is 30.5 Å². The molecule has 5 heteroatoms. The monoisotopic (exact) mass is 316 g/mol. The lowest BCUT2D eigenvalue weighted by atomic mass is 10.1. The summed E-state index contributed by atoms with van der Waals surface area (Å²) in [5.41, 5.74) is 1.05. The van der Waals surface area contributed by atoms with Crippen molar-refractivity contribution in [2.24, 2.45) is 0 Å². The van der Waals surface area contributed by atoms with Crippen molar-refractivity contribution >= 4 is 16.8 Å². The molecule has 1 N–H and O–H groups in total. The number of fused-ring (bicyclic) bond motifs is 1. The van der Waals surface area contributed by atoms with Crippen LogP contribution in [0.2, 0.25) is 0 Å². The zero-order chi connectivity index (χ0) is 16.2. The Balaban J connectivity index is 1.72. The Kier molecular flexibility index (Phi) is 4.86. The highest BCUT2D eigenvalue weighted by Gasteiger charge is 2.28. The molecule has 0 bridgehead atoms. The lowest BCUT2D eigenvalue weighted by molar-refractivity contribution is -0.132. The number of nitrogens with zero attached hydrogens (tertiary/aromatic N) is 2. The van der Waals surface area contributed by atoms with E-state index in [-0.39, 0.29) is 18.6 Å². The van der Waals surface area contributed by atoms with Gasteiger partial charge in [-0.25, -0.2) is 0 Å². The minimum absolute atomic E-state index is 0.166. The average Bonchev–Trinajstić information content (AvgIpc) is 3.19. The van der Waals surface area contributed by atoms with Crippen molar-refractivity contribution in [3.63, 3.8) is 0 Å². The minimum Gasteiger partial charge on any atom is -0.497 e. The first kappa shape index (κ1) is 15.9. The van der Waals surface area contributed by atoms with Crippen LogP contribution in [0.1, 0.15) is 25.7 Å². The molecule has 1 amide bonds. The topological polar surface area (TPSA) is 54.7 Å². The SMILES string of the molecule is COc1ccc2c(ccn2CC(=O)N2CCCC2CCCO)c1. The van der Waals surface area contributed by atoms with Crippen molar-refractivity contribution < 1.29 is 14.6 Å². The van der Waals surface area contributed by atoms with E-state index in [0.29, 0.717) is 6.54 Å². The van der Waals surface area contributed by atoms with E-state index in [4.69, 9.17) is 9.84 Å². The number of rotatable bonds is 6. The van der Waals surface area contributed by atoms with Crippen LogP contribution >= 0.6 is 0 Å². The van der Waals surface area contributed by atoms with E-state index < -0.39 is 0 Å². The molecular weight excluding hydrogens is 292 g/mol. The number of methoxy groups -OCH3 is 1. The number of hydrogen-bond acceptors (Lipinski definition) is 3. The number of benzene rings is 1. The predicted molar refractivity (Wildman–Crippen MR) is 89.5 cm³/mol. The quantitative estimate of drug-likeness (QED) is 0.890. The molecule has 2 aromatic rings. The highest BCUT2D eigenvalue weighted by Crippen LogP contribution is 2.24. The van der Waals surface area contributed by atoms with Gasteiger partial charge < -0.3 is 19.3 Å². The van der Waals surface area contributed by atoms with Crippen LogP contribution in [0, 0.1) is 0 Å². The molecule has 2 heterocycles. The van der Waals surface area contributed by atoms with Gasteiger partial charge in [-0.2, -0.15) is 0 Å². The fraction of sp³-hybridized carbons (Fsp3) is 0.500. The lowest BCUT2D eigenvalue weighted by Gasteiger charge is -2.25. The van der Waals surface area contributed by atoms with E-state index in [1.807, 2.05) is 39.9 Å². The molecule has 1 aromatic heterocycles. The highest BCUT2D eigenvalue weighted by atomic mass is 16.5. The number of aromatic nitrogens is 1. The van der Waals surface area contributed by atoms with Gasteiger partial charge in [-0.3, -0.25) is 4.79 Å². The third kappa shape index (κ3) is 3.34. The van der Waals surface area contributed by atoms with Gasteiger partial charge in [0.05, 0.1) is 7.11 Å². The van der Waals surface area contributed by atoms with E-state index in [1.54, 1.807) is 7.11 Å². The van der Waals surface area contributed by atoms with E-state index >= 15 is 0 Å². The molecule has 3 rings (SSSR count). The van der Waals surface area contributed by atoms with Crippen LogP contribution in [0.25, 0.3) is 10.9 Å². The van der Waals surface area contributed by atoms with Crippen molar-refractivity contribution in [1.82, 2.24) is 9.47 Å². The maximum atomic E-state index is 12.7. The number of aliphatic hydroxyl groups is 1. The zero-order valence-electron chi connectivity index (χ0n) is 13.6.